The number of nitrogens with zero attached hydrogens (tertiary/aromatic N) is 1. The summed E-state index contributed by atoms with van der Waals surface area (Å²) in [6.45, 7) is 7.03. The zero-order valence-corrected chi connectivity index (χ0v) is 14.5. The summed E-state index contributed by atoms with van der Waals surface area (Å²) in [6.07, 6.45) is 4.68. The minimum Gasteiger partial charge on any atom is -0.287 e. The first-order valence-electron chi connectivity index (χ1n) is 7.02. The van der Waals surface area contributed by atoms with Gasteiger partial charge < -0.3 is 0 Å². The van der Waals surface area contributed by atoms with Crippen LogP contribution in [-0.4, -0.2) is 11.5 Å². The van der Waals surface area contributed by atoms with Gasteiger partial charge in [0.05, 0.1) is 5.71 Å². The van der Waals surface area contributed by atoms with Gasteiger partial charge in [0, 0.05) is 21.8 Å². The average Bonchev–Trinajstić information content (AvgIpc) is 2.46. The predicted octanol–water partition coefficient (Wildman–Crippen LogP) is 5.43. The molecule has 0 bridgehead atoms. The molecule has 1 atom stereocenters. The highest BCUT2D eigenvalue weighted by Crippen LogP contribution is 2.25. The summed E-state index contributed by atoms with van der Waals surface area (Å²) in [5.41, 5.74) is 2.09. The number of Topliss-reactive ketones (excluding diaryl/α,β-unsaturated/α-hetero) is 1. The third-order valence-electron chi connectivity index (χ3n) is 3.57. The van der Waals surface area contributed by atoms with Crippen molar-refractivity contribution < 1.29 is 9.18 Å². The SMILES string of the molecule is CCC(C)/C=C\N=C(C)C(=O)c1ccc(Br)c(CF)c1C. The van der Waals surface area contributed by atoms with Gasteiger partial charge in [0.1, 0.15) is 6.67 Å². The van der Waals surface area contributed by atoms with Crippen LogP contribution >= 0.6 is 15.9 Å². The van der Waals surface area contributed by atoms with Crippen LogP contribution in [0.25, 0.3) is 0 Å². The number of ketones is 1. The minimum absolute atomic E-state index is 0.163. The maximum atomic E-state index is 13.0. The summed E-state index contributed by atoms with van der Waals surface area (Å²) in [5.74, 6) is 0.271. The third kappa shape index (κ3) is 4.60. The van der Waals surface area contributed by atoms with Crippen LogP contribution in [0.3, 0.4) is 0 Å². The lowest BCUT2D eigenvalue weighted by molar-refractivity contribution is 0.106. The summed E-state index contributed by atoms with van der Waals surface area (Å²) in [7, 11) is 0. The van der Waals surface area contributed by atoms with Crippen LogP contribution in [0.4, 0.5) is 4.39 Å². The highest BCUT2D eigenvalue weighted by atomic mass is 79.9. The highest BCUT2D eigenvalue weighted by Gasteiger charge is 2.16. The zero-order valence-electron chi connectivity index (χ0n) is 12.9. The Labute approximate surface area is 134 Å². The molecule has 0 saturated carbocycles. The average molecular weight is 354 g/mol. The van der Waals surface area contributed by atoms with E-state index >= 15 is 0 Å². The van der Waals surface area contributed by atoms with E-state index < -0.39 is 6.67 Å². The van der Waals surface area contributed by atoms with E-state index in [-0.39, 0.29) is 5.78 Å². The van der Waals surface area contributed by atoms with Gasteiger partial charge in [0.25, 0.3) is 0 Å². The van der Waals surface area contributed by atoms with Crippen molar-refractivity contribution in [2.45, 2.75) is 40.8 Å². The number of rotatable bonds is 6. The molecule has 1 aromatic carbocycles. The first-order chi connectivity index (χ1) is 9.92. The van der Waals surface area contributed by atoms with E-state index in [2.05, 4.69) is 34.8 Å². The molecule has 0 saturated heterocycles. The Hall–Kier alpha value is -1.29. The molecule has 0 aliphatic heterocycles. The quantitative estimate of drug-likeness (QED) is 0.495. The Kier molecular flexibility index (Phi) is 6.96. The minimum atomic E-state index is -0.600. The Balaban J connectivity index is 3.04. The van der Waals surface area contributed by atoms with Crippen LogP contribution in [0.5, 0.6) is 0 Å². The van der Waals surface area contributed by atoms with E-state index in [9.17, 15) is 9.18 Å². The van der Waals surface area contributed by atoms with Gasteiger partial charge in [-0.2, -0.15) is 0 Å². The van der Waals surface area contributed by atoms with E-state index in [4.69, 9.17) is 0 Å². The van der Waals surface area contributed by atoms with Crippen molar-refractivity contribution in [2.75, 3.05) is 0 Å². The molecular weight excluding hydrogens is 333 g/mol. The molecule has 0 N–H and O–H groups in total. The van der Waals surface area contributed by atoms with Crippen LogP contribution in [0.1, 0.15) is 48.7 Å². The fourth-order valence-corrected chi connectivity index (χ4v) is 2.36. The number of hydrogen-bond donors (Lipinski definition) is 0. The molecule has 4 heteroatoms. The molecule has 1 unspecified atom stereocenters. The van der Waals surface area contributed by atoms with Crippen molar-refractivity contribution in [1.29, 1.82) is 0 Å². The second kappa shape index (κ2) is 8.23. The lowest BCUT2D eigenvalue weighted by Gasteiger charge is -2.10. The molecule has 0 amide bonds. The van der Waals surface area contributed by atoms with Crippen LogP contribution in [-0.2, 0) is 6.67 Å². The predicted molar refractivity (Wildman–Crippen MR) is 89.7 cm³/mol. The molecule has 0 radical (unpaired) electrons. The van der Waals surface area contributed by atoms with Crippen molar-refractivity contribution in [3.05, 3.63) is 45.6 Å². The van der Waals surface area contributed by atoms with Gasteiger partial charge in [-0.1, -0.05) is 42.3 Å². The number of alkyl halides is 1. The monoisotopic (exact) mass is 353 g/mol. The Morgan fingerprint density at radius 1 is 1.48 bits per heavy atom. The van der Waals surface area contributed by atoms with Crippen LogP contribution in [0.2, 0.25) is 0 Å². The lowest BCUT2D eigenvalue weighted by Crippen LogP contribution is -2.13. The summed E-state index contributed by atoms with van der Waals surface area (Å²) >= 11 is 3.30. The van der Waals surface area contributed by atoms with Gasteiger partial charge in [-0.05, 0) is 37.5 Å². The standard InChI is InChI=1S/C17H21BrFNO/c1-5-11(2)8-9-20-13(4)17(21)14-6-7-16(18)15(10-19)12(14)3/h6-9,11H,5,10H2,1-4H3/b9-8-,20-13?. The maximum Gasteiger partial charge on any atom is 0.207 e. The fraction of sp³-hybridized carbons (Fsp3) is 0.412. The molecule has 0 aliphatic carbocycles. The lowest BCUT2D eigenvalue weighted by atomic mass is 9.98. The summed E-state index contributed by atoms with van der Waals surface area (Å²) in [5, 5.41) is 0. The molecule has 0 heterocycles. The smallest absolute Gasteiger partial charge is 0.207 e. The topological polar surface area (TPSA) is 29.4 Å². The Morgan fingerprint density at radius 2 is 2.14 bits per heavy atom. The largest absolute Gasteiger partial charge is 0.287 e. The van der Waals surface area contributed by atoms with E-state index in [0.29, 0.717) is 32.8 Å². The number of allylic oxidation sites excluding steroid dienone is 1. The van der Waals surface area contributed by atoms with Crippen LogP contribution in [0.15, 0.2) is 33.9 Å². The number of benzene rings is 1. The van der Waals surface area contributed by atoms with E-state index in [0.717, 1.165) is 6.42 Å². The number of carbonyl (C=O) groups is 1. The molecule has 0 spiro atoms. The third-order valence-corrected chi connectivity index (χ3v) is 4.32. The van der Waals surface area contributed by atoms with E-state index in [1.807, 2.05) is 6.08 Å². The van der Waals surface area contributed by atoms with Crippen molar-refractivity contribution in [3.63, 3.8) is 0 Å². The number of aliphatic imine (C=N–C) groups is 1. The highest BCUT2D eigenvalue weighted by molar-refractivity contribution is 9.10. The van der Waals surface area contributed by atoms with Gasteiger partial charge in [-0.15, -0.1) is 0 Å². The zero-order chi connectivity index (χ0) is 16.0. The fourth-order valence-electron chi connectivity index (χ4n) is 1.83. The molecule has 2 nitrogen and oxygen atoms in total. The molecule has 0 aliphatic rings. The summed E-state index contributed by atoms with van der Waals surface area (Å²) < 4.78 is 13.7. The number of halogens is 2. The van der Waals surface area contributed by atoms with Crippen molar-refractivity contribution >= 4 is 27.4 Å². The van der Waals surface area contributed by atoms with Gasteiger partial charge in [0.15, 0.2) is 0 Å². The molecule has 0 aromatic heterocycles. The number of carbonyl (C=O) groups excluding carboxylic acids is 1. The number of hydrogen-bond acceptors (Lipinski definition) is 2. The Bertz CT molecular complexity index is 578. The molecule has 1 rings (SSSR count). The Morgan fingerprint density at radius 3 is 2.71 bits per heavy atom. The van der Waals surface area contributed by atoms with Gasteiger partial charge in [-0.3, -0.25) is 9.79 Å². The summed E-state index contributed by atoms with van der Waals surface area (Å²) in [6, 6.07) is 3.41. The van der Waals surface area contributed by atoms with E-state index in [1.165, 1.54) is 0 Å². The first kappa shape index (κ1) is 17.8. The molecular formula is C17H21BrFNO. The second-order valence-electron chi connectivity index (χ2n) is 5.10. The summed E-state index contributed by atoms with van der Waals surface area (Å²) in [4.78, 5) is 16.6. The normalized spacial score (nSPS) is 13.7. The van der Waals surface area contributed by atoms with E-state index in [1.54, 1.807) is 32.2 Å². The molecule has 21 heavy (non-hydrogen) atoms. The second-order valence-corrected chi connectivity index (χ2v) is 5.96. The van der Waals surface area contributed by atoms with Crippen molar-refractivity contribution in [2.24, 2.45) is 10.9 Å². The van der Waals surface area contributed by atoms with Gasteiger partial charge in [0.2, 0.25) is 5.78 Å². The molecule has 1 aromatic rings. The molecule has 114 valence electrons. The van der Waals surface area contributed by atoms with Gasteiger partial charge >= 0.3 is 0 Å². The maximum absolute atomic E-state index is 13.0. The molecule has 0 fully saturated rings. The van der Waals surface area contributed by atoms with Gasteiger partial charge in [-0.25, -0.2) is 4.39 Å². The van der Waals surface area contributed by atoms with Crippen LogP contribution < -0.4 is 0 Å². The van der Waals surface area contributed by atoms with Crippen molar-refractivity contribution in [1.82, 2.24) is 0 Å². The first-order valence-corrected chi connectivity index (χ1v) is 7.81. The van der Waals surface area contributed by atoms with Crippen molar-refractivity contribution in [3.8, 4) is 0 Å². The van der Waals surface area contributed by atoms with Crippen LogP contribution in [0, 0.1) is 12.8 Å².